The monoisotopic (exact) mass is 293 g/mol. The molecule has 0 saturated heterocycles. The molecule has 0 radical (unpaired) electrons. The zero-order valence-corrected chi connectivity index (χ0v) is 11.6. The quantitative estimate of drug-likeness (QED) is 0.810. The van der Waals surface area contributed by atoms with Crippen molar-refractivity contribution in [2.75, 3.05) is 5.32 Å². The van der Waals surface area contributed by atoms with Gasteiger partial charge in [0, 0.05) is 16.4 Å². The number of carboxylic acid groups (broad SMARTS) is 1. The molecule has 0 aliphatic carbocycles. The minimum Gasteiger partial charge on any atom is -0.478 e. The molecule has 2 aromatic rings. The zero-order chi connectivity index (χ0) is 14.9. The molecule has 0 saturated carbocycles. The second-order valence-corrected chi connectivity index (χ2v) is 4.73. The lowest BCUT2D eigenvalue weighted by atomic mass is 10.1. The zero-order valence-electron chi connectivity index (χ0n) is 10.8. The third-order valence-corrected chi connectivity index (χ3v) is 2.98. The molecule has 0 fully saturated rings. The molecular weight excluding hydrogens is 282 g/mol. The molecule has 0 spiro atoms. The molecule has 0 bridgehead atoms. The van der Waals surface area contributed by atoms with Crippen molar-refractivity contribution in [2.24, 2.45) is 0 Å². The largest absolute Gasteiger partial charge is 0.478 e. The van der Waals surface area contributed by atoms with Crippen molar-refractivity contribution in [3.05, 3.63) is 45.7 Å². The molecular formula is C13H12ClN3O3. The lowest BCUT2D eigenvalue weighted by Gasteiger charge is -2.07. The molecule has 0 unspecified atom stereocenters. The Balaban J connectivity index is 2.31. The SMILES string of the molecule is Cc1n[nH]c(C)c1C(=O)Nc1cc(Cl)cc(C(=O)O)c1. The molecule has 104 valence electrons. The van der Waals surface area contributed by atoms with Crippen molar-refractivity contribution < 1.29 is 14.7 Å². The van der Waals surface area contributed by atoms with Crippen LogP contribution < -0.4 is 5.32 Å². The Labute approximate surface area is 119 Å². The number of aromatic amines is 1. The van der Waals surface area contributed by atoms with Crippen LogP contribution in [0.4, 0.5) is 5.69 Å². The van der Waals surface area contributed by atoms with E-state index in [1.54, 1.807) is 13.8 Å². The summed E-state index contributed by atoms with van der Waals surface area (Å²) in [7, 11) is 0. The van der Waals surface area contributed by atoms with Crippen LogP contribution in [0.25, 0.3) is 0 Å². The third-order valence-electron chi connectivity index (χ3n) is 2.76. The summed E-state index contributed by atoms with van der Waals surface area (Å²) in [4.78, 5) is 23.1. The number of carboxylic acids is 1. The Hall–Kier alpha value is -2.34. The van der Waals surface area contributed by atoms with Crippen molar-refractivity contribution in [1.82, 2.24) is 10.2 Å². The van der Waals surface area contributed by atoms with Gasteiger partial charge in [0.15, 0.2) is 0 Å². The Bertz CT molecular complexity index is 675. The number of H-pyrrole nitrogens is 1. The first-order valence-electron chi connectivity index (χ1n) is 5.75. The number of hydrogen-bond acceptors (Lipinski definition) is 3. The van der Waals surface area contributed by atoms with Gasteiger partial charge < -0.3 is 10.4 Å². The van der Waals surface area contributed by atoms with Crippen molar-refractivity contribution in [3.63, 3.8) is 0 Å². The Morgan fingerprint density at radius 1 is 1.30 bits per heavy atom. The van der Waals surface area contributed by atoms with Gasteiger partial charge >= 0.3 is 5.97 Å². The number of aromatic carboxylic acids is 1. The number of nitrogens with zero attached hydrogens (tertiary/aromatic N) is 1. The van der Waals surface area contributed by atoms with E-state index in [0.29, 0.717) is 22.6 Å². The molecule has 2 rings (SSSR count). The fraction of sp³-hybridized carbons (Fsp3) is 0.154. The lowest BCUT2D eigenvalue weighted by molar-refractivity contribution is 0.0696. The number of amides is 1. The number of nitrogens with one attached hydrogen (secondary N) is 2. The van der Waals surface area contributed by atoms with Crippen molar-refractivity contribution in [3.8, 4) is 0 Å². The standard InChI is InChI=1S/C13H12ClN3O3/c1-6-11(7(2)17-16-6)12(18)15-10-4-8(13(19)20)3-9(14)5-10/h3-5H,1-2H3,(H,15,18)(H,16,17)(H,19,20). The van der Waals surface area contributed by atoms with Crippen LogP contribution in [0.3, 0.4) is 0 Å². The van der Waals surface area contributed by atoms with E-state index in [1.165, 1.54) is 18.2 Å². The molecule has 3 N–H and O–H groups in total. The predicted molar refractivity (Wildman–Crippen MR) is 74.4 cm³/mol. The molecule has 1 aromatic carbocycles. The molecule has 6 nitrogen and oxygen atoms in total. The Morgan fingerprint density at radius 2 is 2.00 bits per heavy atom. The van der Waals surface area contributed by atoms with E-state index in [1.807, 2.05) is 0 Å². The second kappa shape index (κ2) is 5.34. The third kappa shape index (κ3) is 2.80. The van der Waals surface area contributed by atoms with Crippen LogP contribution in [0, 0.1) is 13.8 Å². The first kappa shape index (κ1) is 14.1. The summed E-state index contributed by atoms with van der Waals surface area (Å²) in [5, 5.41) is 18.5. The number of aromatic nitrogens is 2. The number of hydrogen-bond donors (Lipinski definition) is 3. The Kier molecular flexibility index (Phi) is 3.76. The average Bonchev–Trinajstić information content (AvgIpc) is 2.68. The maximum absolute atomic E-state index is 12.1. The van der Waals surface area contributed by atoms with Gasteiger partial charge in [-0.3, -0.25) is 9.89 Å². The number of halogens is 1. The summed E-state index contributed by atoms with van der Waals surface area (Å²) < 4.78 is 0. The van der Waals surface area contributed by atoms with E-state index in [2.05, 4.69) is 15.5 Å². The van der Waals surface area contributed by atoms with Crippen molar-refractivity contribution in [2.45, 2.75) is 13.8 Å². The van der Waals surface area contributed by atoms with Gasteiger partial charge in [-0.15, -0.1) is 0 Å². The topological polar surface area (TPSA) is 95.1 Å². The highest BCUT2D eigenvalue weighted by Crippen LogP contribution is 2.20. The molecule has 1 aromatic heterocycles. The van der Waals surface area contributed by atoms with Gasteiger partial charge in [0.1, 0.15) is 0 Å². The minimum atomic E-state index is -1.11. The smallest absolute Gasteiger partial charge is 0.335 e. The van der Waals surface area contributed by atoms with Crippen LogP contribution in [0.2, 0.25) is 5.02 Å². The van der Waals surface area contributed by atoms with Crippen LogP contribution in [0.15, 0.2) is 18.2 Å². The molecule has 0 atom stereocenters. The molecule has 20 heavy (non-hydrogen) atoms. The minimum absolute atomic E-state index is 0.00781. The van der Waals surface area contributed by atoms with Gasteiger partial charge in [-0.2, -0.15) is 5.10 Å². The number of aryl methyl sites for hydroxylation is 2. The van der Waals surface area contributed by atoms with E-state index < -0.39 is 5.97 Å². The fourth-order valence-corrected chi connectivity index (χ4v) is 2.10. The first-order chi connectivity index (χ1) is 9.38. The van der Waals surface area contributed by atoms with E-state index in [0.717, 1.165) is 0 Å². The van der Waals surface area contributed by atoms with E-state index in [9.17, 15) is 9.59 Å². The number of carbonyl (C=O) groups is 2. The fourth-order valence-electron chi connectivity index (χ4n) is 1.86. The van der Waals surface area contributed by atoms with E-state index in [4.69, 9.17) is 16.7 Å². The average molecular weight is 294 g/mol. The van der Waals surface area contributed by atoms with Gasteiger partial charge in [-0.1, -0.05) is 11.6 Å². The highest BCUT2D eigenvalue weighted by atomic mass is 35.5. The summed E-state index contributed by atoms with van der Waals surface area (Å²) in [5.41, 5.74) is 1.97. The number of benzene rings is 1. The summed E-state index contributed by atoms with van der Waals surface area (Å²) in [6.45, 7) is 3.44. The predicted octanol–water partition coefficient (Wildman–Crippen LogP) is 2.63. The maximum atomic E-state index is 12.1. The van der Waals surface area contributed by atoms with Gasteiger partial charge in [0.2, 0.25) is 0 Å². The first-order valence-corrected chi connectivity index (χ1v) is 6.13. The van der Waals surface area contributed by atoms with E-state index in [-0.39, 0.29) is 16.5 Å². The summed E-state index contributed by atoms with van der Waals surface area (Å²) >= 11 is 5.83. The summed E-state index contributed by atoms with van der Waals surface area (Å²) in [6, 6.07) is 4.14. The summed E-state index contributed by atoms with van der Waals surface area (Å²) in [5.74, 6) is -1.48. The van der Waals surface area contributed by atoms with Gasteiger partial charge in [-0.25, -0.2) is 4.79 Å². The van der Waals surface area contributed by atoms with Gasteiger partial charge in [0.25, 0.3) is 5.91 Å². The van der Waals surface area contributed by atoms with Crippen LogP contribution in [-0.4, -0.2) is 27.2 Å². The van der Waals surface area contributed by atoms with Crippen molar-refractivity contribution >= 4 is 29.2 Å². The molecule has 1 heterocycles. The molecule has 0 aliphatic heterocycles. The highest BCUT2D eigenvalue weighted by Gasteiger charge is 2.16. The number of rotatable bonds is 3. The highest BCUT2D eigenvalue weighted by molar-refractivity contribution is 6.31. The number of anilines is 1. The van der Waals surface area contributed by atoms with Crippen molar-refractivity contribution in [1.29, 1.82) is 0 Å². The van der Waals surface area contributed by atoms with E-state index >= 15 is 0 Å². The molecule has 1 amide bonds. The van der Waals surface area contributed by atoms with Crippen LogP contribution in [0.1, 0.15) is 32.1 Å². The lowest BCUT2D eigenvalue weighted by Crippen LogP contribution is -2.14. The normalized spacial score (nSPS) is 10.3. The number of carbonyl (C=O) groups excluding carboxylic acids is 1. The van der Waals surface area contributed by atoms with Crippen LogP contribution >= 0.6 is 11.6 Å². The van der Waals surface area contributed by atoms with Gasteiger partial charge in [-0.05, 0) is 32.0 Å². The second-order valence-electron chi connectivity index (χ2n) is 4.30. The molecule has 0 aliphatic rings. The Morgan fingerprint density at radius 3 is 2.55 bits per heavy atom. The summed E-state index contributed by atoms with van der Waals surface area (Å²) in [6.07, 6.45) is 0. The van der Waals surface area contributed by atoms with Crippen LogP contribution in [-0.2, 0) is 0 Å². The maximum Gasteiger partial charge on any atom is 0.335 e. The molecule has 7 heteroatoms. The van der Waals surface area contributed by atoms with Crippen LogP contribution in [0.5, 0.6) is 0 Å². The van der Waals surface area contributed by atoms with Gasteiger partial charge in [0.05, 0.1) is 16.8 Å².